The highest BCUT2D eigenvalue weighted by Crippen LogP contribution is 2.26. The van der Waals surface area contributed by atoms with Crippen molar-refractivity contribution in [3.05, 3.63) is 28.0 Å². The molecule has 1 aromatic rings. The number of hydrogen-bond acceptors (Lipinski definition) is 5. The van der Waals surface area contributed by atoms with Crippen LogP contribution in [0.15, 0.2) is 16.5 Å². The van der Waals surface area contributed by atoms with Gasteiger partial charge in [-0.25, -0.2) is 0 Å². The molecular formula is C12H18ClN3O4. The third kappa shape index (κ3) is 3.94. The minimum absolute atomic E-state index is 0. The van der Waals surface area contributed by atoms with Crippen molar-refractivity contribution in [2.75, 3.05) is 19.6 Å². The Morgan fingerprint density at radius 1 is 1.50 bits per heavy atom. The van der Waals surface area contributed by atoms with Gasteiger partial charge in [-0.3, -0.25) is 14.9 Å². The van der Waals surface area contributed by atoms with Crippen molar-refractivity contribution in [3.8, 4) is 0 Å². The third-order valence-corrected chi connectivity index (χ3v) is 3.48. The topological polar surface area (TPSA) is 97.4 Å². The molecule has 1 aliphatic heterocycles. The molecule has 1 saturated heterocycles. The monoisotopic (exact) mass is 303 g/mol. The summed E-state index contributed by atoms with van der Waals surface area (Å²) in [6, 6.07) is 2.50. The second-order valence-corrected chi connectivity index (χ2v) is 5.14. The van der Waals surface area contributed by atoms with E-state index in [1.807, 2.05) is 0 Å². The molecule has 2 rings (SSSR count). The first-order valence-corrected chi connectivity index (χ1v) is 6.23. The van der Waals surface area contributed by atoms with E-state index in [2.05, 4.69) is 17.6 Å². The van der Waals surface area contributed by atoms with E-state index in [4.69, 9.17) is 4.42 Å². The van der Waals surface area contributed by atoms with Crippen LogP contribution in [0.3, 0.4) is 0 Å². The Morgan fingerprint density at radius 3 is 2.70 bits per heavy atom. The number of nitrogens with zero attached hydrogens (tertiary/aromatic N) is 1. The summed E-state index contributed by atoms with van der Waals surface area (Å²) in [5, 5.41) is 16.5. The fraction of sp³-hybridized carbons (Fsp3) is 0.583. The molecule has 2 N–H and O–H groups in total. The summed E-state index contributed by atoms with van der Waals surface area (Å²) in [6.45, 7) is 4.55. The van der Waals surface area contributed by atoms with E-state index in [1.54, 1.807) is 0 Å². The Labute approximate surface area is 122 Å². The van der Waals surface area contributed by atoms with Crippen LogP contribution in [0.25, 0.3) is 0 Å². The number of halogens is 1. The second-order valence-electron chi connectivity index (χ2n) is 5.14. The maximum absolute atomic E-state index is 11.8. The van der Waals surface area contributed by atoms with Gasteiger partial charge in [0.15, 0.2) is 5.76 Å². The summed E-state index contributed by atoms with van der Waals surface area (Å²) in [4.78, 5) is 21.6. The lowest BCUT2D eigenvalue weighted by Gasteiger charge is -2.33. The summed E-state index contributed by atoms with van der Waals surface area (Å²) >= 11 is 0. The predicted octanol–water partition coefficient (Wildman–Crippen LogP) is 1.73. The predicted molar refractivity (Wildman–Crippen MR) is 75.2 cm³/mol. The van der Waals surface area contributed by atoms with Gasteiger partial charge in [-0.05, 0) is 37.4 Å². The zero-order chi connectivity index (χ0) is 13.9. The van der Waals surface area contributed by atoms with Gasteiger partial charge in [-0.2, -0.15) is 0 Å². The fourth-order valence-electron chi connectivity index (χ4n) is 2.14. The van der Waals surface area contributed by atoms with Crippen molar-refractivity contribution in [2.45, 2.75) is 19.8 Å². The van der Waals surface area contributed by atoms with Crippen molar-refractivity contribution in [3.63, 3.8) is 0 Å². The van der Waals surface area contributed by atoms with Gasteiger partial charge in [-0.1, -0.05) is 6.92 Å². The van der Waals surface area contributed by atoms with Crippen molar-refractivity contribution in [2.24, 2.45) is 5.41 Å². The summed E-state index contributed by atoms with van der Waals surface area (Å²) < 4.78 is 4.86. The van der Waals surface area contributed by atoms with Crippen molar-refractivity contribution >= 4 is 24.2 Å². The molecule has 0 aliphatic carbocycles. The van der Waals surface area contributed by atoms with Gasteiger partial charge in [0.05, 0.1) is 6.07 Å². The molecule has 0 spiro atoms. The third-order valence-electron chi connectivity index (χ3n) is 3.48. The molecule has 0 saturated carbocycles. The average Bonchev–Trinajstić information content (AvgIpc) is 2.87. The van der Waals surface area contributed by atoms with Crippen LogP contribution in [0, 0.1) is 15.5 Å². The summed E-state index contributed by atoms with van der Waals surface area (Å²) in [5.74, 6) is -0.852. The molecule has 7 nitrogen and oxygen atoms in total. The maximum atomic E-state index is 11.8. The lowest BCUT2D eigenvalue weighted by molar-refractivity contribution is -0.402. The Morgan fingerprint density at radius 2 is 2.15 bits per heavy atom. The van der Waals surface area contributed by atoms with Crippen LogP contribution in [-0.2, 0) is 0 Å². The van der Waals surface area contributed by atoms with Gasteiger partial charge in [0.25, 0.3) is 5.91 Å². The molecule has 0 bridgehead atoms. The minimum Gasteiger partial charge on any atom is -0.395 e. The van der Waals surface area contributed by atoms with Crippen molar-refractivity contribution in [1.82, 2.24) is 10.6 Å². The van der Waals surface area contributed by atoms with Gasteiger partial charge in [0.2, 0.25) is 0 Å². The fourth-order valence-corrected chi connectivity index (χ4v) is 2.14. The molecule has 1 aliphatic rings. The molecule has 112 valence electrons. The molecule has 20 heavy (non-hydrogen) atoms. The largest absolute Gasteiger partial charge is 0.433 e. The number of amides is 1. The Balaban J connectivity index is 0.00000200. The van der Waals surface area contributed by atoms with Crippen molar-refractivity contribution < 1.29 is 14.1 Å². The number of rotatable bonds is 4. The van der Waals surface area contributed by atoms with Gasteiger partial charge in [-0.15, -0.1) is 12.4 Å². The van der Waals surface area contributed by atoms with E-state index in [-0.39, 0.29) is 23.6 Å². The van der Waals surface area contributed by atoms with E-state index in [1.165, 1.54) is 12.1 Å². The van der Waals surface area contributed by atoms with Crippen LogP contribution in [0.2, 0.25) is 0 Å². The van der Waals surface area contributed by atoms with Crippen LogP contribution in [-0.4, -0.2) is 30.5 Å². The molecule has 0 atom stereocenters. The maximum Gasteiger partial charge on any atom is 0.433 e. The van der Waals surface area contributed by atoms with Gasteiger partial charge < -0.3 is 15.1 Å². The molecule has 2 heterocycles. The second kappa shape index (κ2) is 6.71. The first-order chi connectivity index (χ1) is 9.00. The van der Waals surface area contributed by atoms with Crippen LogP contribution >= 0.6 is 12.4 Å². The first kappa shape index (κ1) is 16.5. The Hall–Kier alpha value is -1.60. The number of furan rings is 1. The van der Waals surface area contributed by atoms with Crippen LogP contribution in [0.5, 0.6) is 0 Å². The summed E-state index contributed by atoms with van der Waals surface area (Å²) in [7, 11) is 0. The molecule has 1 amide bonds. The number of nitrogens with one attached hydrogen (secondary N) is 2. The van der Waals surface area contributed by atoms with Gasteiger partial charge in [0.1, 0.15) is 4.92 Å². The standard InChI is InChI=1S/C12H17N3O4.ClH/c1-12(4-6-13-7-5-12)8-14-11(16)9-2-3-10(19-9)15(17)18;/h2-3,13H,4-8H2,1H3,(H,14,16);1H. The molecular weight excluding hydrogens is 286 g/mol. The van der Waals surface area contributed by atoms with Crippen molar-refractivity contribution in [1.29, 1.82) is 0 Å². The highest BCUT2D eigenvalue weighted by Gasteiger charge is 2.28. The number of nitro groups is 1. The molecule has 0 unspecified atom stereocenters. The zero-order valence-corrected chi connectivity index (χ0v) is 12.0. The Kier molecular flexibility index (Phi) is 5.52. The highest BCUT2D eigenvalue weighted by atomic mass is 35.5. The molecule has 1 aromatic heterocycles. The van der Waals surface area contributed by atoms with Gasteiger partial charge >= 0.3 is 5.88 Å². The zero-order valence-electron chi connectivity index (χ0n) is 11.2. The van der Waals surface area contributed by atoms with Crippen LogP contribution in [0.4, 0.5) is 5.88 Å². The van der Waals surface area contributed by atoms with E-state index in [0.717, 1.165) is 25.9 Å². The quantitative estimate of drug-likeness (QED) is 0.652. The molecule has 0 aromatic carbocycles. The SMILES string of the molecule is CC1(CNC(=O)c2ccc([N+](=O)[O-])o2)CCNCC1.Cl. The van der Waals surface area contributed by atoms with Crippen LogP contribution < -0.4 is 10.6 Å². The number of piperidine rings is 1. The molecule has 8 heteroatoms. The highest BCUT2D eigenvalue weighted by molar-refractivity contribution is 5.91. The number of hydrogen-bond donors (Lipinski definition) is 2. The normalized spacial score (nSPS) is 17.1. The van der Waals surface area contributed by atoms with Gasteiger partial charge in [0, 0.05) is 6.54 Å². The summed E-state index contributed by atoms with van der Waals surface area (Å²) in [5.41, 5.74) is 0.0689. The number of carbonyl (C=O) groups is 1. The smallest absolute Gasteiger partial charge is 0.395 e. The molecule has 0 radical (unpaired) electrons. The minimum atomic E-state index is -0.662. The van der Waals surface area contributed by atoms with E-state index in [9.17, 15) is 14.9 Å². The average molecular weight is 304 g/mol. The van der Waals surface area contributed by atoms with Crippen LogP contribution in [0.1, 0.15) is 30.3 Å². The summed E-state index contributed by atoms with van der Waals surface area (Å²) in [6.07, 6.45) is 1.98. The number of carbonyl (C=O) groups excluding carboxylic acids is 1. The lowest BCUT2D eigenvalue weighted by atomic mass is 9.81. The van der Waals surface area contributed by atoms with E-state index < -0.39 is 16.7 Å². The Bertz CT molecular complexity index is 483. The molecule has 1 fully saturated rings. The first-order valence-electron chi connectivity index (χ1n) is 6.23. The van der Waals surface area contributed by atoms with E-state index in [0.29, 0.717) is 6.54 Å². The van der Waals surface area contributed by atoms with E-state index >= 15 is 0 Å². The lowest BCUT2D eigenvalue weighted by Crippen LogP contribution is -2.42.